The smallest absolute Gasteiger partial charge is 0.187 e. The zero-order chi connectivity index (χ0) is 7.40. The van der Waals surface area contributed by atoms with Crippen molar-refractivity contribution < 1.29 is 4.79 Å². The van der Waals surface area contributed by atoms with E-state index in [1.54, 1.807) is 11.5 Å². The van der Waals surface area contributed by atoms with Gasteiger partial charge in [0.05, 0.1) is 0 Å². The average Bonchev–Trinajstić information content (AvgIpc) is 2.38. The van der Waals surface area contributed by atoms with E-state index in [4.69, 9.17) is 0 Å². The van der Waals surface area contributed by atoms with Crippen LogP contribution in [0, 0.1) is 0 Å². The van der Waals surface area contributed by atoms with Gasteiger partial charge in [0.1, 0.15) is 5.69 Å². The average molecular weight is 154 g/mol. The van der Waals surface area contributed by atoms with E-state index >= 15 is 0 Å². The molecule has 0 aliphatic heterocycles. The Labute approximate surface area is 62.6 Å². The molecule has 0 radical (unpaired) electrons. The van der Waals surface area contributed by atoms with Gasteiger partial charge >= 0.3 is 0 Å². The topological polar surface area (TPSA) is 42.9 Å². The maximum Gasteiger partial charge on any atom is 0.187 e. The minimum absolute atomic E-state index is 0.0243. The minimum Gasteiger partial charge on any atom is -0.292 e. The van der Waals surface area contributed by atoms with E-state index in [0.717, 1.165) is 0 Å². The molecule has 3 nitrogen and oxygen atoms in total. The number of nitrogens with zero attached hydrogens (tertiary/aromatic N) is 2. The van der Waals surface area contributed by atoms with Gasteiger partial charge in [0.25, 0.3) is 0 Å². The van der Waals surface area contributed by atoms with E-state index in [-0.39, 0.29) is 5.78 Å². The number of aromatic nitrogens is 2. The maximum atomic E-state index is 10.9. The van der Waals surface area contributed by atoms with Gasteiger partial charge in [-0.1, -0.05) is 10.6 Å². The molecule has 0 bridgehead atoms. The van der Waals surface area contributed by atoms with Crippen LogP contribution in [-0.4, -0.2) is 15.4 Å². The van der Waals surface area contributed by atoms with E-state index in [1.165, 1.54) is 11.5 Å². The molecule has 1 aromatic heterocycles. The Balaban J connectivity index is 2.68. The predicted octanol–water partition coefficient (Wildman–Crippen LogP) is 1.30. The van der Waals surface area contributed by atoms with Gasteiger partial charge in [0, 0.05) is 11.8 Å². The molecule has 1 aromatic rings. The predicted molar refractivity (Wildman–Crippen MR) is 39.1 cm³/mol. The van der Waals surface area contributed by atoms with Crippen LogP contribution in [0.2, 0.25) is 0 Å². The first kappa shape index (κ1) is 7.08. The van der Waals surface area contributed by atoms with Crippen LogP contribution in [0.5, 0.6) is 0 Å². The Hall–Kier alpha value is -1.03. The third kappa shape index (κ3) is 1.48. The lowest BCUT2D eigenvalue weighted by Gasteiger charge is -1.85. The first-order valence-electron chi connectivity index (χ1n) is 2.75. The van der Waals surface area contributed by atoms with Crippen LogP contribution in [-0.2, 0) is 0 Å². The summed E-state index contributed by atoms with van der Waals surface area (Å²) in [6.45, 7) is 3.44. The first-order valence-corrected chi connectivity index (χ1v) is 3.59. The van der Waals surface area contributed by atoms with Crippen molar-refractivity contribution in [3.8, 4) is 0 Å². The van der Waals surface area contributed by atoms with Gasteiger partial charge in [-0.15, -0.1) is 11.7 Å². The Morgan fingerprint density at radius 2 is 2.70 bits per heavy atom. The maximum absolute atomic E-state index is 10.9. The van der Waals surface area contributed by atoms with Crippen molar-refractivity contribution >= 4 is 17.3 Å². The molecule has 52 valence electrons. The Morgan fingerprint density at radius 1 is 1.90 bits per heavy atom. The van der Waals surface area contributed by atoms with Gasteiger partial charge in [-0.3, -0.25) is 4.79 Å². The van der Waals surface area contributed by atoms with Crippen LogP contribution in [0.4, 0.5) is 0 Å². The minimum atomic E-state index is -0.0243. The Morgan fingerprint density at radius 3 is 3.20 bits per heavy atom. The van der Waals surface area contributed by atoms with Gasteiger partial charge in [-0.2, -0.15) is 0 Å². The third-order valence-corrected chi connectivity index (χ3v) is 1.48. The fourth-order valence-corrected chi connectivity index (χ4v) is 0.982. The summed E-state index contributed by atoms with van der Waals surface area (Å²) in [5.41, 5.74) is 0.435. The number of carbonyl (C=O) groups is 1. The Bertz CT molecular complexity index is 230. The molecule has 1 rings (SSSR count). The molecule has 1 heterocycles. The molecule has 4 heteroatoms. The second kappa shape index (κ2) is 3.22. The summed E-state index contributed by atoms with van der Waals surface area (Å²) in [7, 11) is 0. The van der Waals surface area contributed by atoms with Crippen LogP contribution >= 0.6 is 11.5 Å². The van der Waals surface area contributed by atoms with Gasteiger partial charge in [-0.05, 0) is 11.5 Å². The van der Waals surface area contributed by atoms with Gasteiger partial charge < -0.3 is 0 Å². The lowest BCUT2D eigenvalue weighted by molar-refractivity contribution is 0.0991. The molecule has 0 unspecified atom stereocenters. The normalized spacial score (nSPS) is 9.20. The van der Waals surface area contributed by atoms with Crippen molar-refractivity contribution in [2.75, 3.05) is 0 Å². The standard InChI is InChI=1S/C6H6N2OS/c1-2-3-6(9)5-4-10-8-7-5/h2,4H,1,3H2. The van der Waals surface area contributed by atoms with Gasteiger partial charge in [0.15, 0.2) is 5.78 Å². The monoisotopic (exact) mass is 154 g/mol. The summed E-state index contributed by atoms with van der Waals surface area (Å²) in [6.07, 6.45) is 1.90. The van der Waals surface area contributed by atoms with E-state index in [2.05, 4.69) is 16.2 Å². The first-order chi connectivity index (χ1) is 4.84. The largest absolute Gasteiger partial charge is 0.292 e. The third-order valence-electron chi connectivity index (χ3n) is 0.975. The van der Waals surface area contributed by atoms with Gasteiger partial charge in [0.2, 0.25) is 0 Å². The SMILES string of the molecule is C=CCC(=O)c1csnn1. The number of rotatable bonds is 3. The van der Waals surface area contributed by atoms with Crippen LogP contribution < -0.4 is 0 Å². The Kier molecular flexibility index (Phi) is 2.28. The fourth-order valence-electron chi connectivity index (χ4n) is 0.522. The molecule has 0 aromatic carbocycles. The second-order valence-electron chi connectivity index (χ2n) is 1.71. The van der Waals surface area contributed by atoms with Gasteiger partial charge in [-0.25, -0.2) is 0 Å². The number of hydrogen-bond acceptors (Lipinski definition) is 4. The highest BCUT2D eigenvalue weighted by Crippen LogP contribution is 2.00. The van der Waals surface area contributed by atoms with Crippen molar-refractivity contribution in [3.63, 3.8) is 0 Å². The molecule has 0 aliphatic carbocycles. The number of ketones is 1. The molecule has 0 aliphatic rings. The highest BCUT2D eigenvalue weighted by Gasteiger charge is 2.04. The lowest BCUT2D eigenvalue weighted by atomic mass is 10.2. The second-order valence-corrected chi connectivity index (χ2v) is 2.32. The molecule has 0 spiro atoms. The van der Waals surface area contributed by atoms with Crippen molar-refractivity contribution in [1.82, 2.24) is 9.59 Å². The molecule has 0 saturated carbocycles. The number of allylic oxidation sites excluding steroid dienone is 1. The summed E-state index contributed by atoms with van der Waals surface area (Å²) in [6, 6.07) is 0. The quantitative estimate of drug-likeness (QED) is 0.486. The number of carbonyl (C=O) groups excluding carboxylic acids is 1. The molecule has 0 saturated heterocycles. The number of hydrogen-bond donors (Lipinski definition) is 0. The highest BCUT2D eigenvalue weighted by molar-refractivity contribution is 7.03. The van der Waals surface area contributed by atoms with E-state index in [0.29, 0.717) is 12.1 Å². The molecule has 10 heavy (non-hydrogen) atoms. The number of Topliss-reactive ketones (excluding diaryl/α,β-unsaturated/α-hetero) is 1. The zero-order valence-electron chi connectivity index (χ0n) is 5.28. The van der Waals surface area contributed by atoms with E-state index in [1.807, 2.05) is 0 Å². The van der Waals surface area contributed by atoms with Crippen molar-refractivity contribution in [2.24, 2.45) is 0 Å². The van der Waals surface area contributed by atoms with Crippen LogP contribution in [0.1, 0.15) is 16.9 Å². The summed E-state index contributed by atoms with van der Waals surface area (Å²) >= 11 is 1.18. The molecule has 0 N–H and O–H groups in total. The summed E-state index contributed by atoms with van der Waals surface area (Å²) < 4.78 is 3.56. The molecular formula is C6H6N2OS. The van der Waals surface area contributed by atoms with Crippen molar-refractivity contribution in [1.29, 1.82) is 0 Å². The van der Waals surface area contributed by atoms with Crippen molar-refractivity contribution in [2.45, 2.75) is 6.42 Å². The summed E-state index contributed by atoms with van der Waals surface area (Å²) in [5.74, 6) is -0.0243. The lowest BCUT2D eigenvalue weighted by Crippen LogP contribution is -1.96. The van der Waals surface area contributed by atoms with E-state index in [9.17, 15) is 4.79 Å². The van der Waals surface area contributed by atoms with E-state index < -0.39 is 0 Å². The molecule has 0 amide bonds. The molecular weight excluding hydrogens is 148 g/mol. The van der Waals surface area contributed by atoms with Crippen LogP contribution in [0.25, 0.3) is 0 Å². The highest BCUT2D eigenvalue weighted by atomic mass is 32.1. The summed E-state index contributed by atoms with van der Waals surface area (Å²) in [5, 5.41) is 5.24. The fraction of sp³-hybridized carbons (Fsp3) is 0.167. The summed E-state index contributed by atoms with van der Waals surface area (Å²) in [4.78, 5) is 10.9. The zero-order valence-corrected chi connectivity index (χ0v) is 6.10. The van der Waals surface area contributed by atoms with Crippen LogP contribution in [0.15, 0.2) is 18.0 Å². The van der Waals surface area contributed by atoms with Crippen molar-refractivity contribution in [3.05, 3.63) is 23.7 Å². The molecule has 0 atom stereocenters. The van der Waals surface area contributed by atoms with Crippen LogP contribution in [0.3, 0.4) is 0 Å². The molecule has 0 fully saturated rings.